The SMILES string of the molecule is CCCOc1ccc(-c2ccccc2)cc1C(=O)O. The molecule has 2 aromatic carbocycles. The van der Waals surface area contributed by atoms with Gasteiger partial charge in [0, 0.05) is 0 Å². The largest absolute Gasteiger partial charge is 0.493 e. The Kier molecular flexibility index (Phi) is 4.18. The van der Waals surface area contributed by atoms with Crippen LogP contribution in [0.5, 0.6) is 5.75 Å². The lowest BCUT2D eigenvalue weighted by Crippen LogP contribution is -2.04. The molecule has 0 aromatic heterocycles. The fourth-order valence-corrected chi connectivity index (χ4v) is 1.85. The minimum Gasteiger partial charge on any atom is -0.493 e. The maximum atomic E-state index is 11.3. The molecule has 0 bridgehead atoms. The van der Waals surface area contributed by atoms with Gasteiger partial charge in [-0.25, -0.2) is 4.79 Å². The second kappa shape index (κ2) is 6.05. The van der Waals surface area contributed by atoms with Gasteiger partial charge < -0.3 is 9.84 Å². The van der Waals surface area contributed by atoms with Gasteiger partial charge in [-0.05, 0) is 29.7 Å². The van der Waals surface area contributed by atoms with E-state index in [1.165, 1.54) is 0 Å². The van der Waals surface area contributed by atoms with E-state index in [0.717, 1.165) is 17.5 Å². The monoisotopic (exact) mass is 256 g/mol. The zero-order chi connectivity index (χ0) is 13.7. The molecule has 3 nitrogen and oxygen atoms in total. The molecule has 0 saturated carbocycles. The fraction of sp³-hybridized carbons (Fsp3) is 0.188. The highest BCUT2D eigenvalue weighted by atomic mass is 16.5. The fourth-order valence-electron chi connectivity index (χ4n) is 1.85. The summed E-state index contributed by atoms with van der Waals surface area (Å²) >= 11 is 0. The molecule has 0 atom stereocenters. The van der Waals surface area contributed by atoms with Crippen molar-refractivity contribution in [3.8, 4) is 16.9 Å². The van der Waals surface area contributed by atoms with Crippen LogP contribution in [-0.2, 0) is 0 Å². The number of carboxylic acid groups (broad SMARTS) is 1. The van der Waals surface area contributed by atoms with Crippen molar-refractivity contribution in [1.82, 2.24) is 0 Å². The Hall–Kier alpha value is -2.29. The lowest BCUT2D eigenvalue weighted by atomic mass is 10.0. The van der Waals surface area contributed by atoms with Crippen LogP contribution in [0.4, 0.5) is 0 Å². The molecule has 98 valence electrons. The summed E-state index contributed by atoms with van der Waals surface area (Å²) in [5.41, 5.74) is 2.07. The Labute approximate surface area is 112 Å². The predicted octanol–water partition coefficient (Wildman–Crippen LogP) is 3.84. The number of carbonyl (C=O) groups is 1. The molecule has 2 rings (SSSR count). The van der Waals surface area contributed by atoms with Crippen LogP contribution in [0.25, 0.3) is 11.1 Å². The zero-order valence-electron chi connectivity index (χ0n) is 10.8. The minimum atomic E-state index is -0.969. The predicted molar refractivity (Wildman–Crippen MR) is 74.6 cm³/mol. The Morgan fingerprint density at radius 1 is 1.11 bits per heavy atom. The summed E-state index contributed by atoms with van der Waals surface area (Å²) in [6.45, 7) is 2.50. The summed E-state index contributed by atoms with van der Waals surface area (Å²) < 4.78 is 5.46. The first-order chi connectivity index (χ1) is 9.22. The van der Waals surface area contributed by atoms with Gasteiger partial charge in [0.25, 0.3) is 0 Å². The van der Waals surface area contributed by atoms with Crippen LogP contribution in [0.1, 0.15) is 23.7 Å². The second-order valence-electron chi connectivity index (χ2n) is 4.23. The molecule has 0 spiro atoms. The maximum absolute atomic E-state index is 11.3. The second-order valence-corrected chi connectivity index (χ2v) is 4.23. The molecule has 0 saturated heterocycles. The molecule has 2 aromatic rings. The molecular weight excluding hydrogens is 240 g/mol. The van der Waals surface area contributed by atoms with Gasteiger partial charge in [0.1, 0.15) is 11.3 Å². The highest BCUT2D eigenvalue weighted by Crippen LogP contribution is 2.26. The van der Waals surface area contributed by atoms with Gasteiger partial charge in [0.15, 0.2) is 0 Å². The van der Waals surface area contributed by atoms with E-state index in [9.17, 15) is 9.90 Å². The van der Waals surface area contributed by atoms with Crippen LogP contribution in [0.15, 0.2) is 48.5 Å². The first-order valence-electron chi connectivity index (χ1n) is 6.28. The van der Waals surface area contributed by atoms with Crippen molar-refractivity contribution >= 4 is 5.97 Å². The van der Waals surface area contributed by atoms with Gasteiger partial charge in [0.05, 0.1) is 6.61 Å². The van der Waals surface area contributed by atoms with Crippen molar-refractivity contribution in [1.29, 1.82) is 0 Å². The lowest BCUT2D eigenvalue weighted by molar-refractivity contribution is 0.0692. The Morgan fingerprint density at radius 2 is 1.84 bits per heavy atom. The molecule has 0 fully saturated rings. The zero-order valence-corrected chi connectivity index (χ0v) is 10.8. The van der Waals surface area contributed by atoms with Crippen LogP contribution < -0.4 is 4.74 Å². The van der Waals surface area contributed by atoms with Crippen molar-refractivity contribution in [3.05, 3.63) is 54.1 Å². The molecule has 0 amide bonds. The van der Waals surface area contributed by atoms with Crippen molar-refractivity contribution in [2.45, 2.75) is 13.3 Å². The summed E-state index contributed by atoms with van der Waals surface area (Å²) in [5, 5.41) is 9.26. The smallest absolute Gasteiger partial charge is 0.339 e. The summed E-state index contributed by atoms with van der Waals surface area (Å²) in [6, 6.07) is 15.0. The molecule has 0 aliphatic rings. The van der Waals surface area contributed by atoms with Gasteiger partial charge >= 0.3 is 5.97 Å². The van der Waals surface area contributed by atoms with Crippen molar-refractivity contribution in [2.24, 2.45) is 0 Å². The number of benzene rings is 2. The van der Waals surface area contributed by atoms with E-state index in [0.29, 0.717) is 12.4 Å². The van der Waals surface area contributed by atoms with E-state index in [1.54, 1.807) is 12.1 Å². The molecular formula is C16H16O3. The van der Waals surface area contributed by atoms with Crippen LogP contribution in [-0.4, -0.2) is 17.7 Å². The van der Waals surface area contributed by atoms with E-state index in [2.05, 4.69) is 0 Å². The number of hydrogen-bond acceptors (Lipinski definition) is 2. The third kappa shape index (κ3) is 3.13. The summed E-state index contributed by atoms with van der Waals surface area (Å²) in [4.78, 5) is 11.3. The van der Waals surface area contributed by atoms with E-state index < -0.39 is 5.97 Å². The standard InChI is InChI=1S/C16H16O3/c1-2-10-19-15-9-8-13(11-14(15)16(17)18)12-6-4-3-5-7-12/h3-9,11H,2,10H2,1H3,(H,17,18). The van der Waals surface area contributed by atoms with E-state index >= 15 is 0 Å². The molecule has 3 heteroatoms. The highest BCUT2D eigenvalue weighted by Gasteiger charge is 2.12. The first kappa shape index (κ1) is 13.1. The number of hydrogen-bond donors (Lipinski definition) is 1. The normalized spacial score (nSPS) is 10.2. The topological polar surface area (TPSA) is 46.5 Å². The minimum absolute atomic E-state index is 0.204. The number of rotatable bonds is 5. The van der Waals surface area contributed by atoms with E-state index in [4.69, 9.17) is 4.74 Å². The molecule has 0 unspecified atom stereocenters. The molecule has 0 aliphatic carbocycles. The average Bonchev–Trinajstić information content (AvgIpc) is 2.45. The Balaban J connectivity index is 2.39. The quantitative estimate of drug-likeness (QED) is 0.884. The average molecular weight is 256 g/mol. The van der Waals surface area contributed by atoms with Gasteiger partial charge in [0.2, 0.25) is 0 Å². The summed E-state index contributed by atoms with van der Waals surface area (Å²) in [7, 11) is 0. The van der Waals surface area contributed by atoms with Crippen LogP contribution in [0.3, 0.4) is 0 Å². The van der Waals surface area contributed by atoms with Crippen molar-refractivity contribution < 1.29 is 14.6 Å². The number of aromatic carboxylic acids is 1. The van der Waals surface area contributed by atoms with Gasteiger partial charge in [-0.2, -0.15) is 0 Å². The summed E-state index contributed by atoms with van der Waals surface area (Å²) in [6.07, 6.45) is 0.847. The van der Waals surface area contributed by atoms with Gasteiger partial charge in [-0.3, -0.25) is 0 Å². The third-order valence-corrected chi connectivity index (χ3v) is 2.78. The van der Waals surface area contributed by atoms with Gasteiger partial charge in [-0.1, -0.05) is 43.3 Å². The van der Waals surface area contributed by atoms with Crippen LogP contribution in [0.2, 0.25) is 0 Å². The summed E-state index contributed by atoms with van der Waals surface area (Å²) in [5.74, 6) is -0.544. The van der Waals surface area contributed by atoms with Crippen LogP contribution in [0, 0.1) is 0 Å². The Bertz CT molecular complexity index is 561. The van der Waals surface area contributed by atoms with E-state index in [1.807, 2.05) is 43.3 Å². The van der Waals surface area contributed by atoms with Gasteiger partial charge in [-0.15, -0.1) is 0 Å². The lowest BCUT2D eigenvalue weighted by Gasteiger charge is -2.10. The highest BCUT2D eigenvalue weighted by molar-refractivity contribution is 5.92. The molecule has 19 heavy (non-hydrogen) atoms. The van der Waals surface area contributed by atoms with Crippen molar-refractivity contribution in [2.75, 3.05) is 6.61 Å². The third-order valence-electron chi connectivity index (χ3n) is 2.78. The number of ether oxygens (including phenoxy) is 1. The first-order valence-corrected chi connectivity index (χ1v) is 6.28. The molecule has 0 radical (unpaired) electrons. The van der Waals surface area contributed by atoms with Crippen LogP contribution >= 0.6 is 0 Å². The molecule has 1 N–H and O–H groups in total. The number of carboxylic acids is 1. The van der Waals surface area contributed by atoms with Crippen molar-refractivity contribution in [3.63, 3.8) is 0 Å². The molecule has 0 aliphatic heterocycles. The molecule has 0 heterocycles. The Morgan fingerprint density at radius 3 is 2.47 bits per heavy atom. The maximum Gasteiger partial charge on any atom is 0.339 e. The van der Waals surface area contributed by atoms with E-state index in [-0.39, 0.29) is 5.56 Å².